The lowest BCUT2D eigenvalue weighted by Gasteiger charge is -2.11. The zero-order chi connectivity index (χ0) is 21.5. The molecule has 30 heavy (non-hydrogen) atoms. The van der Waals surface area contributed by atoms with Crippen LogP contribution in [-0.2, 0) is 4.79 Å². The Kier molecular flexibility index (Phi) is 7.46. The van der Waals surface area contributed by atoms with E-state index in [1.165, 1.54) is 28.0 Å². The summed E-state index contributed by atoms with van der Waals surface area (Å²) in [5.74, 6) is 1.36. The normalized spacial score (nSPS) is 10.7. The number of carbonyl (C=O) groups excluding carboxylic acids is 1. The Morgan fingerprint density at radius 1 is 1.03 bits per heavy atom. The number of ether oxygens (including phenoxy) is 2. The van der Waals surface area contributed by atoms with Gasteiger partial charge in [0.2, 0.25) is 5.91 Å². The molecule has 1 heterocycles. The van der Waals surface area contributed by atoms with Gasteiger partial charge in [0.25, 0.3) is 0 Å². The number of para-hydroxylation sites is 2. The van der Waals surface area contributed by atoms with Crippen molar-refractivity contribution in [2.45, 2.75) is 40.5 Å². The monoisotopic (exact) mass is 424 g/mol. The Hall–Kier alpha value is -2.86. The molecule has 1 N–H and O–H groups in total. The van der Waals surface area contributed by atoms with Gasteiger partial charge in [0, 0.05) is 17.4 Å². The summed E-state index contributed by atoms with van der Waals surface area (Å²) < 4.78 is 11.3. The first kappa shape index (κ1) is 21.8. The van der Waals surface area contributed by atoms with Gasteiger partial charge in [0.05, 0.1) is 18.9 Å². The third kappa shape index (κ3) is 5.60. The topological polar surface area (TPSA) is 60.5 Å². The van der Waals surface area contributed by atoms with Crippen molar-refractivity contribution < 1.29 is 14.3 Å². The number of hydrogen-bond donors (Lipinski definition) is 1. The second-order valence-corrected chi connectivity index (χ2v) is 8.03. The smallest absolute Gasteiger partial charge is 0.226 e. The molecular weight excluding hydrogens is 396 g/mol. The van der Waals surface area contributed by atoms with E-state index < -0.39 is 0 Å². The molecule has 0 saturated heterocycles. The molecule has 0 aliphatic heterocycles. The van der Waals surface area contributed by atoms with Crippen molar-refractivity contribution in [2.75, 3.05) is 18.5 Å². The lowest BCUT2D eigenvalue weighted by molar-refractivity contribution is -0.116. The fraction of sp³-hybridized carbons (Fsp3) is 0.333. The minimum Gasteiger partial charge on any atom is -0.490 e. The predicted octanol–water partition coefficient (Wildman–Crippen LogP) is 5.93. The first-order chi connectivity index (χ1) is 14.5. The zero-order valence-electron chi connectivity index (χ0n) is 18.0. The molecular formula is C24H28N2O3S. The molecule has 0 aliphatic carbocycles. The summed E-state index contributed by atoms with van der Waals surface area (Å²) in [5, 5.41) is 5.50. The summed E-state index contributed by atoms with van der Waals surface area (Å²) in [6.45, 7) is 9.26. The van der Waals surface area contributed by atoms with Crippen LogP contribution in [0, 0.1) is 20.8 Å². The van der Waals surface area contributed by atoms with Crippen molar-refractivity contribution in [3.05, 3.63) is 58.5 Å². The Labute approximate surface area is 182 Å². The molecule has 0 aliphatic rings. The minimum atomic E-state index is -0.0607. The number of nitrogens with zero attached hydrogens (tertiary/aromatic N) is 1. The Bertz CT molecular complexity index is 1010. The van der Waals surface area contributed by atoms with Gasteiger partial charge in [-0.25, -0.2) is 4.98 Å². The van der Waals surface area contributed by atoms with Crippen molar-refractivity contribution in [2.24, 2.45) is 0 Å². The first-order valence-electron chi connectivity index (χ1n) is 10.2. The number of nitrogens with one attached hydrogen (secondary N) is 1. The lowest BCUT2D eigenvalue weighted by Crippen LogP contribution is -2.12. The molecule has 0 atom stereocenters. The van der Waals surface area contributed by atoms with E-state index in [4.69, 9.17) is 9.47 Å². The van der Waals surface area contributed by atoms with Gasteiger partial charge < -0.3 is 14.8 Å². The fourth-order valence-electron chi connectivity index (χ4n) is 3.13. The maximum Gasteiger partial charge on any atom is 0.226 e. The number of carbonyl (C=O) groups is 1. The van der Waals surface area contributed by atoms with Gasteiger partial charge in [-0.3, -0.25) is 4.79 Å². The molecule has 0 radical (unpaired) electrons. The number of benzene rings is 2. The van der Waals surface area contributed by atoms with Crippen LogP contribution in [0.2, 0.25) is 0 Å². The third-order valence-corrected chi connectivity index (χ3v) is 5.58. The number of aryl methyl sites for hydroxylation is 3. The summed E-state index contributed by atoms with van der Waals surface area (Å²) in [5.41, 5.74) is 5.69. The maximum atomic E-state index is 12.3. The standard InChI is InChI=1S/C24H28N2O3S/c1-5-28-21-9-6-7-10-22(21)29-12-8-11-23(27)26-24-25-20(15-30-24)19-14-17(3)16(2)13-18(19)4/h6-7,9-10,13-15H,5,8,11-12H2,1-4H3,(H,25,26,27). The van der Waals surface area contributed by atoms with Crippen molar-refractivity contribution >= 4 is 22.4 Å². The molecule has 0 saturated carbocycles. The van der Waals surface area contributed by atoms with Gasteiger partial charge in [-0.15, -0.1) is 11.3 Å². The number of hydrogen-bond acceptors (Lipinski definition) is 5. The molecule has 0 fully saturated rings. The summed E-state index contributed by atoms with van der Waals surface area (Å²) in [6.07, 6.45) is 0.981. The van der Waals surface area contributed by atoms with E-state index in [-0.39, 0.29) is 5.91 Å². The van der Waals surface area contributed by atoms with E-state index in [2.05, 4.69) is 43.2 Å². The molecule has 3 aromatic rings. The molecule has 0 spiro atoms. The molecule has 158 valence electrons. The van der Waals surface area contributed by atoms with Crippen LogP contribution in [0.1, 0.15) is 36.5 Å². The average Bonchev–Trinajstić information content (AvgIpc) is 3.17. The highest BCUT2D eigenvalue weighted by molar-refractivity contribution is 7.14. The van der Waals surface area contributed by atoms with E-state index >= 15 is 0 Å². The highest BCUT2D eigenvalue weighted by Gasteiger charge is 2.11. The van der Waals surface area contributed by atoms with E-state index in [0.29, 0.717) is 36.9 Å². The second-order valence-electron chi connectivity index (χ2n) is 7.17. The number of rotatable bonds is 9. The third-order valence-electron chi connectivity index (χ3n) is 4.82. The van der Waals surface area contributed by atoms with Crippen LogP contribution in [0.4, 0.5) is 5.13 Å². The Balaban J connectivity index is 1.50. The number of anilines is 1. The summed E-state index contributed by atoms with van der Waals surface area (Å²) >= 11 is 1.44. The zero-order valence-corrected chi connectivity index (χ0v) is 18.8. The molecule has 0 bridgehead atoms. The molecule has 1 amide bonds. The van der Waals surface area contributed by atoms with Gasteiger partial charge in [0.1, 0.15) is 0 Å². The second kappa shape index (κ2) is 10.3. The van der Waals surface area contributed by atoms with Crippen LogP contribution in [-0.4, -0.2) is 24.1 Å². The Morgan fingerprint density at radius 3 is 2.47 bits per heavy atom. The van der Waals surface area contributed by atoms with E-state index in [1.807, 2.05) is 36.6 Å². The fourth-order valence-corrected chi connectivity index (χ4v) is 3.86. The van der Waals surface area contributed by atoms with Crippen molar-refractivity contribution in [3.63, 3.8) is 0 Å². The largest absolute Gasteiger partial charge is 0.490 e. The highest BCUT2D eigenvalue weighted by atomic mass is 32.1. The van der Waals surface area contributed by atoms with Crippen LogP contribution in [0.25, 0.3) is 11.3 Å². The van der Waals surface area contributed by atoms with Gasteiger partial charge in [0.15, 0.2) is 16.6 Å². The van der Waals surface area contributed by atoms with Gasteiger partial charge in [-0.1, -0.05) is 18.2 Å². The van der Waals surface area contributed by atoms with Crippen molar-refractivity contribution in [1.29, 1.82) is 0 Å². The molecule has 6 heteroatoms. The number of thiazole rings is 1. The first-order valence-corrected chi connectivity index (χ1v) is 11.0. The quantitative estimate of drug-likeness (QED) is 0.432. The summed E-state index contributed by atoms with van der Waals surface area (Å²) in [7, 11) is 0. The maximum absolute atomic E-state index is 12.3. The van der Waals surface area contributed by atoms with Crippen LogP contribution in [0.5, 0.6) is 11.5 Å². The highest BCUT2D eigenvalue weighted by Crippen LogP contribution is 2.30. The molecule has 3 rings (SSSR count). The van der Waals surface area contributed by atoms with E-state index in [1.54, 1.807) is 0 Å². The Morgan fingerprint density at radius 2 is 1.73 bits per heavy atom. The molecule has 1 aromatic heterocycles. The van der Waals surface area contributed by atoms with E-state index in [9.17, 15) is 4.79 Å². The van der Waals surface area contributed by atoms with Gasteiger partial charge in [-0.2, -0.15) is 0 Å². The summed E-state index contributed by atoms with van der Waals surface area (Å²) in [4.78, 5) is 16.9. The van der Waals surface area contributed by atoms with Crippen LogP contribution < -0.4 is 14.8 Å². The number of amides is 1. The molecule has 2 aromatic carbocycles. The van der Waals surface area contributed by atoms with Crippen molar-refractivity contribution in [3.8, 4) is 22.8 Å². The number of aromatic nitrogens is 1. The van der Waals surface area contributed by atoms with Crippen molar-refractivity contribution in [1.82, 2.24) is 4.98 Å². The van der Waals surface area contributed by atoms with Gasteiger partial charge in [-0.05, 0) is 69.0 Å². The van der Waals surface area contributed by atoms with Crippen LogP contribution >= 0.6 is 11.3 Å². The molecule has 5 nitrogen and oxygen atoms in total. The van der Waals surface area contributed by atoms with Gasteiger partial charge >= 0.3 is 0 Å². The lowest BCUT2D eigenvalue weighted by atomic mass is 9.99. The van der Waals surface area contributed by atoms with E-state index in [0.717, 1.165) is 17.0 Å². The SMILES string of the molecule is CCOc1ccccc1OCCCC(=O)Nc1nc(-c2cc(C)c(C)cc2C)cs1. The average molecular weight is 425 g/mol. The van der Waals surface area contributed by atoms with Crippen LogP contribution in [0.3, 0.4) is 0 Å². The molecule has 0 unspecified atom stereocenters. The predicted molar refractivity (Wildman–Crippen MR) is 123 cm³/mol. The van der Waals surface area contributed by atoms with Crippen LogP contribution in [0.15, 0.2) is 41.8 Å². The minimum absolute atomic E-state index is 0.0607. The summed E-state index contributed by atoms with van der Waals surface area (Å²) in [6, 6.07) is 11.9.